The lowest BCUT2D eigenvalue weighted by molar-refractivity contribution is 0.331. The van der Waals surface area contributed by atoms with E-state index in [1.807, 2.05) is 17.5 Å². The largest absolute Gasteiger partial charge is 0.356 e. The van der Waals surface area contributed by atoms with Crippen LogP contribution in [-0.4, -0.2) is 42.5 Å². The predicted octanol–water partition coefficient (Wildman–Crippen LogP) is 2.09. The van der Waals surface area contributed by atoms with Crippen LogP contribution in [0.3, 0.4) is 0 Å². The van der Waals surface area contributed by atoms with Gasteiger partial charge < -0.3 is 4.90 Å². The minimum atomic E-state index is 0.0537. The number of fused-ring (bicyclic) bond motifs is 2. The van der Waals surface area contributed by atoms with Gasteiger partial charge in [-0.15, -0.1) is 0 Å². The van der Waals surface area contributed by atoms with E-state index in [-0.39, 0.29) is 5.56 Å². The predicted molar refractivity (Wildman–Crippen MR) is 110 cm³/mol. The van der Waals surface area contributed by atoms with Crippen molar-refractivity contribution in [1.29, 1.82) is 0 Å². The van der Waals surface area contributed by atoms with Gasteiger partial charge in [0, 0.05) is 37.0 Å². The number of hydrogen-bond acceptors (Lipinski definition) is 6. The van der Waals surface area contributed by atoms with E-state index in [1.165, 1.54) is 12.8 Å². The van der Waals surface area contributed by atoms with Crippen LogP contribution in [0.1, 0.15) is 48.2 Å². The first-order valence-corrected chi connectivity index (χ1v) is 10.6. The lowest BCUT2D eigenvalue weighted by Crippen LogP contribution is -2.38. The number of anilines is 1. The van der Waals surface area contributed by atoms with Gasteiger partial charge in [-0.2, -0.15) is 19.7 Å². The van der Waals surface area contributed by atoms with Crippen molar-refractivity contribution in [2.24, 2.45) is 5.92 Å². The molecule has 1 fully saturated rings. The second kappa shape index (κ2) is 7.24. The molecule has 2 aliphatic rings. The molecule has 1 aliphatic heterocycles. The number of aryl methyl sites for hydroxylation is 3. The van der Waals surface area contributed by atoms with Gasteiger partial charge in [0.05, 0.1) is 5.69 Å². The molecular formula is C21H27N7O. The molecular weight excluding hydrogens is 366 g/mol. The molecule has 8 nitrogen and oxygen atoms in total. The zero-order chi connectivity index (χ0) is 20.0. The van der Waals surface area contributed by atoms with Gasteiger partial charge in [-0.1, -0.05) is 0 Å². The maximum Gasteiger partial charge on any atom is 0.267 e. The Labute approximate surface area is 169 Å². The molecule has 0 saturated carbocycles. The van der Waals surface area contributed by atoms with E-state index in [1.54, 1.807) is 11.0 Å². The fourth-order valence-corrected chi connectivity index (χ4v) is 4.69. The highest BCUT2D eigenvalue weighted by molar-refractivity contribution is 5.54. The van der Waals surface area contributed by atoms with Crippen molar-refractivity contribution in [2.45, 2.75) is 58.9 Å². The molecule has 3 aromatic rings. The molecule has 0 radical (unpaired) electrons. The van der Waals surface area contributed by atoms with Gasteiger partial charge in [-0.3, -0.25) is 4.79 Å². The highest BCUT2D eigenvalue weighted by atomic mass is 16.1. The average molecular weight is 393 g/mol. The summed E-state index contributed by atoms with van der Waals surface area (Å²) < 4.78 is 3.56. The van der Waals surface area contributed by atoms with Crippen LogP contribution in [0.5, 0.6) is 0 Å². The Morgan fingerprint density at radius 3 is 2.76 bits per heavy atom. The highest BCUT2D eigenvalue weighted by Crippen LogP contribution is 2.28. The third-order valence-corrected chi connectivity index (χ3v) is 6.50. The number of piperidine rings is 1. The molecule has 0 bridgehead atoms. The van der Waals surface area contributed by atoms with Crippen LogP contribution in [0.4, 0.5) is 5.82 Å². The fourth-order valence-electron chi connectivity index (χ4n) is 4.69. The zero-order valence-electron chi connectivity index (χ0n) is 17.1. The van der Waals surface area contributed by atoms with E-state index in [9.17, 15) is 4.79 Å². The Kier molecular flexibility index (Phi) is 4.56. The van der Waals surface area contributed by atoms with E-state index in [0.29, 0.717) is 18.2 Å². The highest BCUT2D eigenvalue weighted by Gasteiger charge is 2.25. The summed E-state index contributed by atoms with van der Waals surface area (Å²) in [5.41, 5.74) is 4.48. The van der Waals surface area contributed by atoms with E-state index in [2.05, 4.69) is 26.9 Å². The first-order valence-electron chi connectivity index (χ1n) is 10.6. The maximum atomic E-state index is 12.5. The molecule has 0 atom stereocenters. The van der Waals surface area contributed by atoms with Gasteiger partial charge in [0.25, 0.3) is 11.3 Å². The van der Waals surface area contributed by atoms with Gasteiger partial charge in [-0.05, 0) is 63.9 Å². The van der Waals surface area contributed by atoms with E-state index in [0.717, 1.165) is 67.1 Å². The second-order valence-corrected chi connectivity index (χ2v) is 8.39. The molecule has 0 amide bonds. The molecule has 29 heavy (non-hydrogen) atoms. The molecule has 1 aliphatic carbocycles. The average Bonchev–Trinajstić information content (AvgIpc) is 3.18. The fraction of sp³-hybridized carbons (Fsp3) is 0.571. The summed E-state index contributed by atoms with van der Waals surface area (Å²) in [5, 5.41) is 9.08. The summed E-state index contributed by atoms with van der Waals surface area (Å²) >= 11 is 0. The van der Waals surface area contributed by atoms with Gasteiger partial charge in [0.1, 0.15) is 12.1 Å². The summed E-state index contributed by atoms with van der Waals surface area (Å²) in [4.78, 5) is 23.7. The Bertz CT molecular complexity index is 1110. The normalized spacial score (nSPS) is 17.7. The van der Waals surface area contributed by atoms with Crippen LogP contribution >= 0.6 is 0 Å². The topological polar surface area (TPSA) is 81.2 Å². The maximum absolute atomic E-state index is 12.5. The van der Waals surface area contributed by atoms with Crippen molar-refractivity contribution in [3.8, 4) is 0 Å². The van der Waals surface area contributed by atoms with Gasteiger partial charge in [0.15, 0.2) is 0 Å². The molecule has 0 spiro atoms. The minimum Gasteiger partial charge on any atom is -0.356 e. The Balaban J connectivity index is 1.32. The van der Waals surface area contributed by atoms with Gasteiger partial charge in [-0.25, -0.2) is 9.67 Å². The molecule has 3 aromatic heterocycles. The van der Waals surface area contributed by atoms with Crippen molar-refractivity contribution < 1.29 is 0 Å². The van der Waals surface area contributed by atoms with Crippen LogP contribution in [0.15, 0.2) is 17.2 Å². The smallest absolute Gasteiger partial charge is 0.267 e. The van der Waals surface area contributed by atoms with Crippen molar-refractivity contribution >= 4 is 11.6 Å². The Morgan fingerprint density at radius 1 is 1.14 bits per heavy atom. The molecule has 0 N–H and O–H groups in total. The first kappa shape index (κ1) is 18.3. The van der Waals surface area contributed by atoms with Crippen LogP contribution < -0.4 is 10.5 Å². The van der Waals surface area contributed by atoms with Crippen molar-refractivity contribution in [3.05, 3.63) is 45.3 Å². The third kappa shape index (κ3) is 3.30. The summed E-state index contributed by atoms with van der Waals surface area (Å²) in [7, 11) is 0. The minimum absolute atomic E-state index is 0.0537. The van der Waals surface area contributed by atoms with Crippen LogP contribution in [0, 0.1) is 19.8 Å². The SMILES string of the molecule is Cc1nc2ncnn2c(N2CCC(Cn3nc4c(cc3=O)CCCC4)CC2)c1C. The lowest BCUT2D eigenvalue weighted by Gasteiger charge is -2.34. The number of nitrogens with zero attached hydrogens (tertiary/aromatic N) is 7. The molecule has 152 valence electrons. The number of rotatable bonds is 3. The molecule has 0 unspecified atom stereocenters. The summed E-state index contributed by atoms with van der Waals surface area (Å²) in [6.07, 6.45) is 7.97. The first-order chi connectivity index (χ1) is 14.1. The van der Waals surface area contributed by atoms with Crippen LogP contribution in [0.25, 0.3) is 5.78 Å². The summed E-state index contributed by atoms with van der Waals surface area (Å²) in [6, 6.07) is 1.82. The second-order valence-electron chi connectivity index (χ2n) is 8.39. The van der Waals surface area contributed by atoms with Gasteiger partial charge >= 0.3 is 0 Å². The molecule has 5 rings (SSSR count). The lowest BCUT2D eigenvalue weighted by atomic mass is 9.95. The summed E-state index contributed by atoms with van der Waals surface area (Å²) in [6.45, 7) is 6.70. The van der Waals surface area contributed by atoms with Crippen molar-refractivity contribution in [1.82, 2.24) is 29.4 Å². The molecule has 8 heteroatoms. The molecule has 0 aromatic carbocycles. The zero-order valence-corrected chi connectivity index (χ0v) is 17.1. The van der Waals surface area contributed by atoms with E-state index >= 15 is 0 Å². The summed E-state index contributed by atoms with van der Waals surface area (Å²) in [5.74, 6) is 2.20. The standard InChI is InChI=1S/C21H27N7O/c1-14-15(2)24-21-22-13-23-28(21)20(14)26-9-7-16(8-10-26)12-27-19(29)11-17-5-3-4-6-18(17)25-27/h11,13,16H,3-10,12H2,1-2H3. The van der Waals surface area contributed by atoms with Crippen LogP contribution in [-0.2, 0) is 19.4 Å². The van der Waals surface area contributed by atoms with Crippen molar-refractivity contribution in [3.63, 3.8) is 0 Å². The van der Waals surface area contributed by atoms with E-state index in [4.69, 9.17) is 5.10 Å². The van der Waals surface area contributed by atoms with Gasteiger partial charge in [0.2, 0.25) is 0 Å². The quantitative estimate of drug-likeness (QED) is 0.678. The number of hydrogen-bond donors (Lipinski definition) is 0. The third-order valence-electron chi connectivity index (χ3n) is 6.50. The van der Waals surface area contributed by atoms with Crippen molar-refractivity contribution in [2.75, 3.05) is 18.0 Å². The Morgan fingerprint density at radius 2 is 1.93 bits per heavy atom. The Hall–Kier alpha value is -2.77. The monoisotopic (exact) mass is 393 g/mol. The number of aromatic nitrogens is 6. The van der Waals surface area contributed by atoms with Crippen LogP contribution in [0.2, 0.25) is 0 Å². The molecule has 1 saturated heterocycles. The molecule has 4 heterocycles. The van der Waals surface area contributed by atoms with E-state index < -0.39 is 0 Å².